The summed E-state index contributed by atoms with van der Waals surface area (Å²) in [7, 11) is 2.93. The zero-order valence-electron chi connectivity index (χ0n) is 10.0. The summed E-state index contributed by atoms with van der Waals surface area (Å²) in [5, 5.41) is 11.1. The molecule has 1 N–H and O–H groups in total. The van der Waals surface area contributed by atoms with Crippen LogP contribution in [0.15, 0.2) is 12.2 Å². The molecule has 0 atom stereocenters. The molecular weight excluding hydrogens is 194 g/mol. The van der Waals surface area contributed by atoms with Crippen LogP contribution >= 0.6 is 0 Å². The molecule has 0 aliphatic rings. The molecule has 0 aliphatic carbocycles. The Morgan fingerprint density at radius 3 is 2.27 bits per heavy atom. The molecule has 0 saturated heterocycles. The van der Waals surface area contributed by atoms with Crippen molar-refractivity contribution in [3.8, 4) is 0 Å². The highest BCUT2D eigenvalue weighted by Crippen LogP contribution is 2.23. The molecule has 4 nitrogen and oxygen atoms in total. The number of carbonyl (C=O) groups is 1. The summed E-state index contributed by atoms with van der Waals surface area (Å²) in [4.78, 5) is 16.3. The predicted octanol–water partition coefficient (Wildman–Crippen LogP) is 1.50. The summed E-state index contributed by atoms with van der Waals surface area (Å²) in [6.45, 7) is 7.45. The van der Waals surface area contributed by atoms with E-state index >= 15 is 0 Å². The van der Waals surface area contributed by atoms with Gasteiger partial charge in [0, 0.05) is 19.0 Å². The monoisotopic (exact) mass is 215 g/mol. The van der Waals surface area contributed by atoms with E-state index in [2.05, 4.69) is 6.58 Å². The van der Waals surface area contributed by atoms with E-state index in [0.29, 0.717) is 18.4 Å². The molecule has 15 heavy (non-hydrogen) atoms. The van der Waals surface area contributed by atoms with Crippen molar-refractivity contribution in [2.75, 3.05) is 14.2 Å². The molecule has 0 rings (SSSR count). The van der Waals surface area contributed by atoms with Gasteiger partial charge in [0.15, 0.2) is 0 Å². The van der Waals surface area contributed by atoms with E-state index in [1.807, 2.05) is 13.8 Å². The molecule has 0 radical (unpaired) electrons. The summed E-state index contributed by atoms with van der Waals surface area (Å²) in [6.07, 6.45) is 1.49. The van der Waals surface area contributed by atoms with Crippen LogP contribution in [-0.2, 0) is 9.63 Å². The van der Waals surface area contributed by atoms with E-state index in [0.717, 1.165) is 5.06 Å². The molecule has 0 aromatic carbocycles. The van der Waals surface area contributed by atoms with Crippen LogP contribution in [0.1, 0.15) is 33.1 Å². The fraction of sp³-hybridized carbons (Fsp3) is 0.727. The average molecular weight is 215 g/mol. The molecular formula is C11H21NO3. The highest BCUT2D eigenvalue weighted by Gasteiger charge is 2.26. The van der Waals surface area contributed by atoms with Crippen LogP contribution in [0, 0.1) is 0 Å². The summed E-state index contributed by atoms with van der Waals surface area (Å²) in [5.74, 6) is -0.294. The first kappa shape index (κ1) is 14.1. The minimum Gasteiger partial charge on any atom is -0.390 e. The van der Waals surface area contributed by atoms with E-state index in [1.165, 1.54) is 14.2 Å². The maximum Gasteiger partial charge on any atom is 0.272 e. The first-order valence-corrected chi connectivity index (χ1v) is 5.12. The van der Waals surface area contributed by atoms with Gasteiger partial charge in [-0.1, -0.05) is 20.4 Å². The summed E-state index contributed by atoms with van der Waals surface area (Å²) < 4.78 is 0. The lowest BCUT2D eigenvalue weighted by molar-refractivity contribution is -0.164. The summed E-state index contributed by atoms with van der Waals surface area (Å²) in [6, 6.07) is 0. The van der Waals surface area contributed by atoms with Crippen LogP contribution < -0.4 is 0 Å². The van der Waals surface area contributed by atoms with Crippen molar-refractivity contribution in [3.63, 3.8) is 0 Å². The number of hydrogen-bond donors (Lipinski definition) is 1. The normalized spacial score (nSPS) is 11.3. The van der Waals surface area contributed by atoms with E-state index in [-0.39, 0.29) is 12.3 Å². The van der Waals surface area contributed by atoms with Gasteiger partial charge in [0.25, 0.3) is 5.91 Å². The van der Waals surface area contributed by atoms with Crippen molar-refractivity contribution in [2.24, 2.45) is 0 Å². The van der Waals surface area contributed by atoms with Crippen LogP contribution in [0.2, 0.25) is 0 Å². The summed E-state index contributed by atoms with van der Waals surface area (Å²) >= 11 is 0. The van der Waals surface area contributed by atoms with Crippen molar-refractivity contribution in [3.05, 3.63) is 12.2 Å². The number of hydrogen-bond acceptors (Lipinski definition) is 3. The number of aliphatic hydroxyl groups is 1. The van der Waals surface area contributed by atoms with Gasteiger partial charge in [0.05, 0.1) is 12.7 Å². The minimum atomic E-state index is -0.832. The molecule has 0 saturated carbocycles. The Kier molecular flexibility index (Phi) is 5.54. The highest BCUT2D eigenvalue weighted by molar-refractivity contribution is 5.92. The topological polar surface area (TPSA) is 49.8 Å². The molecule has 1 amide bonds. The average Bonchev–Trinajstić information content (AvgIpc) is 2.26. The molecule has 0 spiro atoms. The Hall–Kier alpha value is -0.870. The van der Waals surface area contributed by atoms with Crippen molar-refractivity contribution >= 4 is 5.91 Å². The largest absolute Gasteiger partial charge is 0.390 e. The maximum absolute atomic E-state index is 11.6. The molecule has 0 unspecified atom stereocenters. The number of likely N-dealkylation sites (N-methyl/N-ethyl adjacent to an activating group) is 1. The van der Waals surface area contributed by atoms with Crippen molar-refractivity contribution in [1.82, 2.24) is 5.06 Å². The predicted molar refractivity (Wildman–Crippen MR) is 59.1 cm³/mol. The summed E-state index contributed by atoms with van der Waals surface area (Å²) in [5.41, 5.74) is -0.466. The molecule has 0 aromatic heterocycles. The molecule has 0 bridgehead atoms. The number of hydroxylamine groups is 2. The SMILES string of the molecule is C=C(CC(O)(CC)CC)C(=O)N(C)OC. The number of nitrogens with zero attached hydrogens (tertiary/aromatic N) is 1. The van der Waals surface area contributed by atoms with Crippen molar-refractivity contribution in [2.45, 2.75) is 38.7 Å². The fourth-order valence-corrected chi connectivity index (χ4v) is 1.28. The molecule has 0 fully saturated rings. The Balaban J connectivity index is 4.42. The smallest absolute Gasteiger partial charge is 0.272 e. The van der Waals surface area contributed by atoms with Crippen LogP contribution in [0.5, 0.6) is 0 Å². The first-order chi connectivity index (χ1) is 6.90. The van der Waals surface area contributed by atoms with Crippen molar-refractivity contribution < 1.29 is 14.7 Å². The second kappa shape index (κ2) is 5.88. The Morgan fingerprint density at radius 2 is 1.93 bits per heavy atom. The third-order valence-corrected chi connectivity index (χ3v) is 2.72. The van der Waals surface area contributed by atoms with Gasteiger partial charge < -0.3 is 5.11 Å². The zero-order valence-corrected chi connectivity index (χ0v) is 10.0. The van der Waals surface area contributed by atoms with Crippen LogP contribution in [0.3, 0.4) is 0 Å². The van der Waals surface area contributed by atoms with E-state index in [4.69, 9.17) is 4.84 Å². The zero-order chi connectivity index (χ0) is 12.1. The molecule has 88 valence electrons. The molecule has 4 heteroatoms. The van der Waals surface area contributed by atoms with E-state index in [1.54, 1.807) is 0 Å². The Bertz CT molecular complexity index is 234. The van der Waals surface area contributed by atoms with Gasteiger partial charge in [-0.25, -0.2) is 5.06 Å². The van der Waals surface area contributed by atoms with Gasteiger partial charge in [-0.3, -0.25) is 9.63 Å². The second-order valence-corrected chi connectivity index (χ2v) is 3.70. The molecule has 0 heterocycles. The number of rotatable bonds is 6. The minimum absolute atomic E-state index is 0.284. The second-order valence-electron chi connectivity index (χ2n) is 3.70. The lowest BCUT2D eigenvalue weighted by Gasteiger charge is -2.26. The lowest BCUT2D eigenvalue weighted by atomic mass is 9.89. The molecule has 0 aliphatic heterocycles. The van der Waals surface area contributed by atoms with Gasteiger partial charge in [0.1, 0.15) is 0 Å². The molecule has 0 aromatic rings. The van der Waals surface area contributed by atoms with Gasteiger partial charge in [-0.2, -0.15) is 0 Å². The van der Waals surface area contributed by atoms with Gasteiger partial charge >= 0.3 is 0 Å². The fourth-order valence-electron chi connectivity index (χ4n) is 1.28. The lowest BCUT2D eigenvalue weighted by Crippen LogP contribution is -2.33. The number of carbonyl (C=O) groups excluding carboxylic acids is 1. The third kappa shape index (κ3) is 4.01. The Labute approximate surface area is 91.5 Å². The van der Waals surface area contributed by atoms with Crippen LogP contribution in [0.25, 0.3) is 0 Å². The standard InChI is InChI=1S/C11H21NO3/c1-6-11(14,7-2)8-9(3)10(13)12(4)15-5/h14H,3,6-8H2,1-2,4-5H3. The maximum atomic E-state index is 11.6. The van der Waals surface area contributed by atoms with E-state index in [9.17, 15) is 9.90 Å². The van der Waals surface area contributed by atoms with Crippen LogP contribution in [0.4, 0.5) is 0 Å². The first-order valence-electron chi connectivity index (χ1n) is 5.12. The quantitative estimate of drug-likeness (QED) is 0.539. The highest BCUT2D eigenvalue weighted by atomic mass is 16.7. The van der Waals surface area contributed by atoms with E-state index < -0.39 is 5.60 Å². The van der Waals surface area contributed by atoms with Crippen LogP contribution in [-0.4, -0.2) is 35.8 Å². The van der Waals surface area contributed by atoms with Gasteiger partial charge in [-0.15, -0.1) is 0 Å². The Morgan fingerprint density at radius 1 is 1.47 bits per heavy atom. The van der Waals surface area contributed by atoms with Gasteiger partial charge in [-0.05, 0) is 12.8 Å². The number of amides is 1. The van der Waals surface area contributed by atoms with Crippen molar-refractivity contribution in [1.29, 1.82) is 0 Å². The third-order valence-electron chi connectivity index (χ3n) is 2.72. The van der Waals surface area contributed by atoms with Gasteiger partial charge in [0.2, 0.25) is 0 Å².